The van der Waals surface area contributed by atoms with E-state index in [1.807, 2.05) is 11.3 Å². The molecule has 0 bridgehead atoms. The molecule has 0 atom stereocenters. The highest BCUT2D eigenvalue weighted by atomic mass is 32.1. The zero-order chi connectivity index (χ0) is 30.4. The SMILES string of the molecule is c1ccc2cc(N3c4csc5c4B(c4c3ccc3ccccc43)n3c4ccccc4c4c6oc7ccccc7c6cc-5c43)ccc2c1. The summed E-state index contributed by atoms with van der Waals surface area (Å²) in [6, 6.07) is 48.9. The summed E-state index contributed by atoms with van der Waals surface area (Å²) < 4.78 is 9.35. The Balaban J connectivity index is 1.28. The second-order valence-corrected chi connectivity index (χ2v) is 13.7. The molecule has 12 rings (SSSR count). The van der Waals surface area contributed by atoms with Gasteiger partial charge >= 0.3 is 6.85 Å². The van der Waals surface area contributed by atoms with Crippen molar-refractivity contribution < 1.29 is 4.42 Å². The summed E-state index contributed by atoms with van der Waals surface area (Å²) >= 11 is 1.88. The van der Waals surface area contributed by atoms with Crippen molar-refractivity contribution in [2.45, 2.75) is 0 Å². The molecule has 5 heterocycles. The van der Waals surface area contributed by atoms with E-state index in [2.05, 4.69) is 148 Å². The Morgan fingerprint density at radius 2 is 1.32 bits per heavy atom. The molecule has 216 valence electrons. The maximum Gasteiger partial charge on any atom is 0.334 e. The lowest BCUT2D eigenvalue weighted by Gasteiger charge is -2.38. The van der Waals surface area contributed by atoms with Crippen LogP contribution in [0.25, 0.3) is 75.7 Å². The number of hydrogen-bond donors (Lipinski definition) is 0. The fraction of sp³-hybridized carbons (Fsp3) is 0. The van der Waals surface area contributed by atoms with Crippen molar-refractivity contribution in [3.05, 3.63) is 139 Å². The van der Waals surface area contributed by atoms with Gasteiger partial charge < -0.3 is 13.8 Å². The fourth-order valence-electron chi connectivity index (χ4n) is 8.70. The smallest absolute Gasteiger partial charge is 0.334 e. The van der Waals surface area contributed by atoms with E-state index in [1.54, 1.807) is 0 Å². The third kappa shape index (κ3) is 2.95. The lowest BCUT2D eigenvalue weighted by molar-refractivity contribution is 0.673. The number of para-hydroxylation sites is 2. The van der Waals surface area contributed by atoms with Gasteiger partial charge in [0.05, 0.1) is 16.6 Å². The number of fused-ring (bicyclic) bond motifs is 14. The van der Waals surface area contributed by atoms with Crippen molar-refractivity contribution in [1.29, 1.82) is 0 Å². The van der Waals surface area contributed by atoms with E-state index in [1.165, 1.54) is 92.6 Å². The number of nitrogens with zero attached hydrogens (tertiary/aromatic N) is 2. The molecule has 0 spiro atoms. The van der Waals surface area contributed by atoms with Gasteiger partial charge in [-0.3, -0.25) is 0 Å². The van der Waals surface area contributed by atoms with E-state index in [0.717, 1.165) is 11.2 Å². The highest BCUT2D eigenvalue weighted by Gasteiger charge is 2.45. The number of furan rings is 1. The lowest BCUT2D eigenvalue weighted by Crippen LogP contribution is -2.56. The van der Waals surface area contributed by atoms with Gasteiger partial charge in [0.2, 0.25) is 0 Å². The molecule has 3 aromatic heterocycles. The van der Waals surface area contributed by atoms with E-state index in [4.69, 9.17) is 4.42 Å². The summed E-state index contributed by atoms with van der Waals surface area (Å²) in [5, 5.41) is 12.2. The van der Waals surface area contributed by atoms with Gasteiger partial charge in [-0.15, -0.1) is 11.3 Å². The Bertz CT molecular complexity index is 3000. The molecule has 0 saturated heterocycles. The lowest BCUT2D eigenvalue weighted by atomic mass is 9.45. The van der Waals surface area contributed by atoms with Crippen LogP contribution in [-0.2, 0) is 0 Å². The monoisotopic (exact) mass is 614 g/mol. The van der Waals surface area contributed by atoms with Gasteiger partial charge in [-0.2, -0.15) is 0 Å². The molecule has 0 saturated carbocycles. The zero-order valence-electron chi connectivity index (χ0n) is 25.1. The summed E-state index contributed by atoms with van der Waals surface area (Å²) in [5.41, 5.74) is 12.1. The highest BCUT2D eigenvalue weighted by Crippen LogP contribution is 2.51. The van der Waals surface area contributed by atoms with Crippen LogP contribution in [0, 0.1) is 0 Å². The molecule has 0 fully saturated rings. The van der Waals surface area contributed by atoms with Crippen LogP contribution in [0.4, 0.5) is 17.1 Å². The minimum absolute atomic E-state index is 0.0146. The Labute approximate surface area is 273 Å². The van der Waals surface area contributed by atoms with Gasteiger partial charge in [0.1, 0.15) is 11.2 Å². The fourth-order valence-corrected chi connectivity index (χ4v) is 9.79. The summed E-state index contributed by atoms with van der Waals surface area (Å²) in [5.74, 6) is 0. The van der Waals surface area contributed by atoms with Crippen LogP contribution < -0.4 is 15.8 Å². The first kappa shape index (κ1) is 24.5. The van der Waals surface area contributed by atoms with Crippen molar-refractivity contribution in [3.63, 3.8) is 0 Å². The van der Waals surface area contributed by atoms with Gasteiger partial charge in [0, 0.05) is 48.9 Å². The summed E-state index contributed by atoms with van der Waals surface area (Å²) in [6.45, 7) is 0.0146. The van der Waals surface area contributed by atoms with Crippen molar-refractivity contribution in [2.24, 2.45) is 0 Å². The molecule has 0 unspecified atom stereocenters. The zero-order valence-corrected chi connectivity index (χ0v) is 25.9. The van der Waals surface area contributed by atoms with E-state index in [-0.39, 0.29) is 6.85 Å². The molecule has 0 amide bonds. The summed E-state index contributed by atoms with van der Waals surface area (Å²) in [6.07, 6.45) is 0. The number of thiophene rings is 1. The summed E-state index contributed by atoms with van der Waals surface area (Å²) in [7, 11) is 0. The topological polar surface area (TPSA) is 21.3 Å². The number of rotatable bonds is 1. The van der Waals surface area contributed by atoms with Gasteiger partial charge in [-0.25, -0.2) is 0 Å². The van der Waals surface area contributed by atoms with Gasteiger partial charge in [0.15, 0.2) is 0 Å². The Morgan fingerprint density at radius 1 is 0.574 bits per heavy atom. The van der Waals surface area contributed by atoms with Gasteiger partial charge in [-0.05, 0) is 68.9 Å². The second-order valence-electron chi connectivity index (χ2n) is 12.9. The molecule has 2 aliphatic heterocycles. The van der Waals surface area contributed by atoms with E-state index in [9.17, 15) is 0 Å². The maximum atomic E-state index is 6.72. The van der Waals surface area contributed by atoms with Crippen LogP contribution >= 0.6 is 11.3 Å². The minimum Gasteiger partial charge on any atom is -0.455 e. The average molecular weight is 615 g/mol. The van der Waals surface area contributed by atoms with Crippen LogP contribution in [-0.4, -0.2) is 11.3 Å². The first-order valence-corrected chi connectivity index (χ1v) is 17.0. The molecule has 7 aromatic carbocycles. The van der Waals surface area contributed by atoms with Crippen molar-refractivity contribution in [1.82, 2.24) is 4.48 Å². The third-order valence-electron chi connectivity index (χ3n) is 10.6. The van der Waals surface area contributed by atoms with Gasteiger partial charge in [0.25, 0.3) is 0 Å². The quantitative estimate of drug-likeness (QED) is 0.172. The maximum absolute atomic E-state index is 6.72. The Hall–Kier alpha value is -5.78. The third-order valence-corrected chi connectivity index (χ3v) is 11.6. The molecule has 47 heavy (non-hydrogen) atoms. The number of anilines is 3. The van der Waals surface area contributed by atoms with Crippen LogP contribution in [0.3, 0.4) is 0 Å². The predicted molar refractivity (Wildman–Crippen MR) is 200 cm³/mol. The molecule has 5 heteroatoms. The highest BCUT2D eigenvalue weighted by molar-refractivity contribution is 7.17. The molecular weight excluding hydrogens is 591 g/mol. The predicted octanol–water partition coefficient (Wildman–Crippen LogP) is 10.5. The van der Waals surface area contributed by atoms with E-state index < -0.39 is 0 Å². The molecule has 0 N–H and O–H groups in total. The largest absolute Gasteiger partial charge is 0.455 e. The van der Waals surface area contributed by atoms with Crippen molar-refractivity contribution in [3.8, 4) is 10.4 Å². The first-order valence-electron chi connectivity index (χ1n) is 16.1. The summed E-state index contributed by atoms with van der Waals surface area (Å²) in [4.78, 5) is 3.86. The molecule has 2 aliphatic rings. The molecule has 3 nitrogen and oxygen atoms in total. The van der Waals surface area contributed by atoms with E-state index >= 15 is 0 Å². The van der Waals surface area contributed by atoms with E-state index in [0.29, 0.717) is 0 Å². The Kier molecular flexibility index (Phi) is 4.43. The van der Waals surface area contributed by atoms with Crippen LogP contribution in [0.2, 0.25) is 0 Å². The van der Waals surface area contributed by atoms with Crippen molar-refractivity contribution in [2.75, 3.05) is 4.90 Å². The Morgan fingerprint density at radius 3 is 2.23 bits per heavy atom. The van der Waals surface area contributed by atoms with Crippen LogP contribution in [0.5, 0.6) is 0 Å². The molecular formula is C42H23BN2OS. The van der Waals surface area contributed by atoms with Gasteiger partial charge in [-0.1, -0.05) is 97.1 Å². The number of benzene rings is 7. The standard InChI is InChI=1S/C42H23BN2OS/c1-2-11-26-21-27(19-17-24(26)9-1)44-34-20-18-25-10-3-4-12-28(25)38(34)43-39-35(44)23-47-42(39)32-22-31-29-13-6-8-16-36(29)46-41(31)37-30-14-5-7-15-33(30)45(43)40(32)37/h1-23H. The normalized spacial score (nSPS) is 13.4. The van der Waals surface area contributed by atoms with Crippen molar-refractivity contribution >= 4 is 111 Å². The minimum atomic E-state index is 0.0146. The second kappa shape index (κ2) is 8.52. The van der Waals surface area contributed by atoms with Crippen LogP contribution in [0.1, 0.15) is 0 Å². The average Bonchev–Trinajstić information content (AvgIpc) is 3.83. The molecule has 0 aliphatic carbocycles. The number of hydrogen-bond acceptors (Lipinski definition) is 3. The molecule has 10 aromatic rings. The first-order chi connectivity index (χ1) is 23.3. The number of aromatic nitrogens is 1. The molecule has 0 radical (unpaired) electrons. The van der Waals surface area contributed by atoms with Crippen LogP contribution in [0.15, 0.2) is 143 Å².